The van der Waals surface area contributed by atoms with Gasteiger partial charge in [0.1, 0.15) is 5.56 Å². The van der Waals surface area contributed by atoms with Crippen LogP contribution in [-0.2, 0) is 0 Å². The summed E-state index contributed by atoms with van der Waals surface area (Å²) in [5.41, 5.74) is 1.82. The molecule has 0 bridgehead atoms. The van der Waals surface area contributed by atoms with Gasteiger partial charge >= 0.3 is 5.69 Å². The third-order valence-corrected chi connectivity index (χ3v) is 6.59. The minimum absolute atomic E-state index is 0.0878. The Bertz CT molecular complexity index is 1170. The average Bonchev–Trinajstić information content (AvgIpc) is 2.83. The van der Waals surface area contributed by atoms with E-state index in [0.29, 0.717) is 12.3 Å². The molecule has 0 spiro atoms. The van der Waals surface area contributed by atoms with Crippen molar-refractivity contribution in [2.45, 2.75) is 57.4 Å². The van der Waals surface area contributed by atoms with E-state index in [4.69, 9.17) is 0 Å². The van der Waals surface area contributed by atoms with E-state index >= 15 is 0 Å². The van der Waals surface area contributed by atoms with Crippen molar-refractivity contribution in [3.05, 3.63) is 98.2 Å². The van der Waals surface area contributed by atoms with Crippen LogP contribution in [0.4, 0.5) is 0 Å². The van der Waals surface area contributed by atoms with Crippen LogP contribution in [0.3, 0.4) is 0 Å². The summed E-state index contributed by atoms with van der Waals surface area (Å²) in [6.07, 6.45) is 5.56. The largest absolute Gasteiger partial charge is 0.494 e. The van der Waals surface area contributed by atoms with Gasteiger partial charge in [-0.05, 0) is 37.3 Å². The SMILES string of the molecule is CC(=NCCC(c1ccccc1)c1ccccc1)c1c(O)n(C2CCCCC2)c(=O)[nH]c1=O. The zero-order chi connectivity index (χ0) is 23.2. The van der Waals surface area contributed by atoms with Crippen molar-refractivity contribution < 1.29 is 5.11 Å². The Labute approximate surface area is 193 Å². The van der Waals surface area contributed by atoms with Crippen LogP contribution < -0.4 is 11.2 Å². The summed E-state index contributed by atoms with van der Waals surface area (Å²) in [4.78, 5) is 32.1. The molecule has 0 radical (unpaired) electrons. The van der Waals surface area contributed by atoms with Crippen molar-refractivity contribution >= 4 is 5.71 Å². The van der Waals surface area contributed by atoms with Gasteiger partial charge in [-0.25, -0.2) is 4.79 Å². The second-order valence-electron chi connectivity index (χ2n) is 8.75. The maximum atomic E-state index is 12.6. The molecule has 2 N–H and O–H groups in total. The Kier molecular flexibility index (Phi) is 7.23. The van der Waals surface area contributed by atoms with E-state index in [1.165, 1.54) is 15.7 Å². The normalized spacial score (nSPS) is 15.2. The van der Waals surface area contributed by atoms with Crippen molar-refractivity contribution in [2.24, 2.45) is 4.99 Å². The quantitative estimate of drug-likeness (QED) is 0.513. The van der Waals surface area contributed by atoms with Crippen LogP contribution in [-0.4, -0.2) is 26.9 Å². The van der Waals surface area contributed by atoms with E-state index in [1.54, 1.807) is 6.92 Å². The van der Waals surface area contributed by atoms with E-state index in [9.17, 15) is 14.7 Å². The molecule has 0 saturated heterocycles. The molecule has 0 atom stereocenters. The number of hydrogen-bond donors (Lipinski definition) is 2. The number of aromatic hydroxyl groups is 1. The van der Waals surface area contributed by atoms with E-state index in [1.807, 2.05) is 36.4 Å². The third kappa shape index (κ3) is 5.16. The molecule has 1 saturated carbocycles. The fourth-order valence-electron chi connectivity index (χ4n) is 4.88. The highest BCUT2D eigenvalue weighted by Gasteiger charge is 2.24. The number of nitrogens with one attached hydrogen (secondary N) is 1. The molecule has 2 aromatic carbocycles. The zero-order valence-corrected chi connectivity index (χ0v) is 19.0. The molecule has 4 rings (SSSR count). The van der Waals surface area contributed by atoms with Gasteiger partial charge in [-0.15, -0.1) is 0 Å². The number of rotatable bonds is 7. The summed E-state index contributed by atoms with van der Waals surface area (Å²) in [6, 6.07) is 20.5. The number of nitrogens with zero attached hydrogens (tertiary/aromatic N) is 2. The predicted octanol–water partition coefficient (Wildman–Crippen LogP) is 4.78. The molecule has 1 heterocycles. The van der Waals surface area contributed by atoms with Gasteiger partial charge in [-0.3, -0.25) is 19.3 Å². The Balaban J connectivity index is 1.59. The highest BCUT2D eigenvalue weighted by molar-refractivity contribution is 6.00. The van der Waals surface area contributed by atoms with E-state index < -0.39 is 11.2 Å². The zero-order valence-electron chi connectivity index (χ0n) is 19.0. The van der Waals surface area contributed by atoms with Crippen LogP contribution in [0.2, 0.25) is 0 Å². The van der Waals surface area contributed by atoms with Crippen LogP contribution in [0.5, 0.6) is 5.88 Å². The van der Waals surface area contributed by atoms with Crippen molar-refractivity contribution in [3.63, 3.8) is 0 Å². The molecule has 6 heteroatoms. The Hall–Kier alpha value is -3.41. The molecule has 1 aliphatic rings. The van der Waals surface area contributed by atoms with E-state index in [-0.39, 0.29) is 23.4 Å². The fourth-order valence-corrected chi connectivity index (χ4v) is 4.88. The summed E-state index contributed by atoms with van der Waals surface area (Å²) in [5.74, 6) is -0.0911. The number of benzene rings is 2. The van der Waals surface area contributed by atoms with Crippen molar-refractivity contribution in [2.75, 3.05) is 6.54 Å². The van der Waals surface area contributed by atoms with Crippen molar-refractivity contribution in [1.29, 1.82) is 0 Å². The molecule has 6 nitrogen and oxygen atoms in total. The summed E-state index contributed by atoms with van der Waals surface area (Å²) in [7, 11) is 0. The van der Waals surface area contributed by atoms with Gasteiger partial charge in [0.25, 0.3) is 5.56 Å². The van der Waals surface area contributed by atoms with Crippen LogP contribution in [0.1, 0.15) is 74.1 Å². The lowest BCUT2D eigenvalue weighted by Gasteiger charge is -2.25. The number of aliphatic imine (C=N–C) groups is 1. The van der Waals surface area contributed by atoms with Gasteiger partial charge < -0.3 is 5.11 Å². The number of H-pyrrole nitrogens is 1. The third-order valence-electron chi connectivity index (χ3n) is 6.59. The van der Waals surface area contributed by atoms with Crippen molar-refractivity contribution in [1.82, 2.24) is 9.55 Å². The molecular weight excluding hydrogens is 414 g/mol. The number of hydrogen-bond acceptors (Lipinski definition) is 4. The lowest BCUT2D eigenvalue weighted by molar-refractivity contribution is 0.298. The first-order valence-corrected chi connectivity index (χ1v) is 11.8. The molecule has 0 aliphatic heterocycles. The number of aromatic nitrogens is 2. The van der Waals surface area contributed by atoms with Gasteiger partial charge in [0.15, 0.2) is 0 Å². The first kappa shape index (κ1) is 22.8. The monoisotopic (exact) mass is 445 g/mol. The first-order chi connectivity index (χ1) is 16.1. The van der Waals surface area contributed by atoms with Crippen molar-refractivity contribution in [3.8, 4) is 5.88 Å². The highest BCUT2D eigenvalue weighted by atomic mass is 16.3. The van der Waals surface area contributed by atoms with Crippen LogP contribution in [0.25, 0.3) is 0 Å². The van der Waals surface area contributed by atoms with Crippen LogP contribution in [0, 0.1) is 0 Å². The van der Waals surface area contributed by atoms with E-state index in [0.717, 1.165) is 38.5 Å². The molecule has 0 unspecified atom stereocenters. The second-order valence-corrected chi connectivity index (χ2v) is 8.75. The van der Waals surface area contributed by atoms with Gasteiger partial charge in [0, 0.05) is 24.2 Å². The molecule has 1 aromatic heterocycles. The molecule has 172 valence electrons. The first-order valence-electron chi connectivity index (χ1n) is 11.8. The Morgan fingerprint density at radius 2 is 1.58 bits per heavy atom. The highest BCUT2D eigenvalue weighted by Crippen LogP contribution is 2.31. The Morgan fingerprint density at radius 1 is 1.00 bits per heavy atom. The minimum Gasteiger partial charge on any atom is -0.494 e. The maximum Gasteiger partial charge on any atom is 0.331 e. The molecule has 33 heavy (non-hydrogen) atoms. The summed E-state index contributed by atoms with van der Waals surface area (Å²) < 4.78 is 1.35. The fraction of sp³-hybridized carbons (Fsp3) is 0.370. The van der Waals surface area contributed by atoms with Gasteiger partial charge in [0.2, 0.25) is 5.88 Å². The lowest BCUT2D eigenvalue weighted by atomic mass is 9.88. The topological polar surface area (TPSA) is 87.4 Å². The molecule has 0 amide bonds. The molecule has 3 aromatic rings. The summed E-state index contributed by atoms with van der Waals surface area (Å²) in [5, 5.41) is 10.9. The van der Waals surface area contributed by atoms with Crippen LogP contribution in [0.15, 0.2) is 75.2 Å². The lowest BCUT2D eigenvalue weighted by Crippen LogP contribution is -2.36. The Morgan fingerprint density at radius 3 is 2.15 bits per heavy atom. The van der Waals surface area contributed by atoms with Crippen LogP contribution >= 0.6 is 0 Å². The summed E-state index contributed by atoms with van der Waals surface area (Å²) >= 11 is 0. The summed E-state index contributed by atoms with van der Waals surface area (Å²) in [6.45, 7) is 2.21. The predicted molar refractivity (Wildman–Crippen MR) is 132 cm³/mol. The minimum atomic E-state index is -0.589. The van der Waals surface area contributed by atoms with Gasteiger partial charge in [0.05, 0.1) is 0 Å². The van der Waals surface area contributed by atoms with Gasteiger partial charge in [-0.1, -0.05) is 79.9 Å². The molecular formula is C27H31N3O3. The molecule has 1 fully saturated rings. The molecule has 1 aliphatic carbocycles. The number of aromatic amines is 1. The smallest absolute Gasteiger partial charge is 0.331 e. The standard InChI is InChI=1S/C27H31N3O3/c1-19(24-25(31)29-27(33)30(26(24)32)22-15-9-4-10-16-22)28-18-17-23(20-11-5-2-6-12-20)21-13-7-3-8-14-21/h2-3,5-8,11-14,22-23,32H,4,9-10,15-18H2,1H3,(H,29,31,33). The average molecular weight is 446 g/mol. The van der Waals surface area contributed by atoms with E-state index in [2.05, 4.69) is 34.2 Å². The van der Waals surface area contributed by atoms with Gasteiger partial charge in [-0.2, -0.15) is 0 Å². The maximum absolute atomic E-state index is 12.6. The second kappa shape index (κ2) is 10.5.